The highest BCUT2D eigenvalue weighted by atomic mass is 35.5. The molecule has 1 N–H and O–H groups in total. The molecule has 0 aliphatic heterocycles. The van der Waals surface area contributed by atoms with Gasteiger partial charge in [-0.2, -0.15) is 5.10 Å². The minimum Gasteiger partial charge on any atom is -0.380 e. The summed E-state index contributed by atoms with van der Waals surface area (Å²) in [6.07, 6.45) is 2.09. The first-order valence-electron chi connectivity index (χ1n) is 7.36. The number of hydrogen-bond donors (Lipinski definition) is 1. The number of nitrogens with zero attached hydrogens (tertiary/aromatic N) is 2. The maximum absolute atomic E-state index is 6.37. The van der Waals surface area contributed by atoms with Crippen LogP contribution in [0.2, 0.25) is 5.02 Å². The van der Waals surface area contributed by atoms with Crippen LogP contribution in [0.25, 0.3) is 0 Å². The van der Waals surface area contributed by atoms with Gasteiger partial charge in [0.2, 0.25) is 0 Å². The molecule has 1 heterocycles. The number of aryl methyl sites for hydroxylation is 2. The minimum atomic E-state index is 0.160. The highest BCUT2D eigenvalue weighted by molar-refractivity contribution is 6.31. The van der Waals surface area contributed by atoms with Crippen LogP contribution in [-0.4, -0.2) is 35.6 Å². The van der Waals surface area contributed by atoms with Crippen LogP contribution < -0.4 is 5.32 Å². The van der Waals surface area contributed by atoms with E-state index in [4.69, 9.17) is 16.3 Å². The summed E-state index contributed by atoms with van der Waals surface area (Å²) >= 11 is 6.37. The Morgan fingerprint density at radius 2 is 2.05 bits per heavy atom. The summed E-state index contributed by atoms with van der Waals surface area (Å²) in [5.74, 6) is 0.447. The zero-order chi connectivity index (χ0) is 15.3. The number of nitrogens with one attached hydrogen (secondary N) is 1. The van der Waals surface area contributed by atoms with E-state index in [0.717, 1.165) is 35.8 Å². The van der Waals surface area contributed by atoms with Crippen molar-refractivity contribution < 1.29 is 4.74 Å². The fourth-order valence-electron chi connectivity index (χ4n) is 2.65. The smallest absolute Gasteiger partial charge is 0.0847 e. The molecule has 0 spiro atoms. The Balaban J connectivity index is 2.93. The molecule has 2 atom stereocenters. The van der Waals surface area contributed by atoms with Crippen LogP contribution >= 0.6 is 11.6 Å². The zero-order valence-corrected chi connectivity index (χ0v) is 14.3. The standard InChI is InChI=1S/C15H28ClN3O/c1-7-8-17-12(15(20-6)10(2)3)9-13-14(16)11(4)18-19(13)5/h10,12,15,17H,7-9H2,1-6H3. The van der Waals surface area contributed by atoms with Crippen molar-refractivity contribution in [2.24, 2.45) is 13.0 Å². The monoisotopic (exact) mass is 301 g/mol. The van der Waals surface area contributed by atoms with E-state index in [1.54, 1.807) is 7.11 Å². The zero-order valence-electron chi connectivity index (χ0n) is 13.5. The molecule has 1 rings (SSSR count). The molecule has 0 aliphatic carbocycles. The molecule has 2 unspecified atom stereocenters. The SMILES string of the molecule is CCCNC(Cc1c(Cl)c(C)nn1C)C(OC)C(C)C. The van der Waals surface area contributed by atoms with Crippen LogP contribution in [-0.2, 0) is 18.2 Å². The highest BCUT2D eigenvalue weighted by Crippen LogP contribution is 2.23. The van der Waals surface area contributed by atoms with E-state index in [2.05, 4.69) is 31.2 Å². The maximum atomic E-state index is 6.37. The predicted octanol–water partition coefficient (Wildman–Crippen LogP) is 2.96. The fourth-order valence-corrected chi connectivity index (χ4v) is 2.88. The molecular formula is C15H28ClN3O. The Kier molecular flexibility index (Phi) is 7.00. The number of hydrogen-bond acceptors (Lipinski definition) is 3. The van der Waals surface area contributed by atoms with Crippen molar-refractivity contribution in [3.63, 3.8) is 0 Å². The van der Waals surface area contributed by atoms with Crippen molar-refractivity contribution in [1.82, 2.24) is 15.1 Å². The lowest BCUT2D eigenvalue weighted by Gasteiger charge is -2.30. The molecule has 0 aliphatic rings. The number of methoxy groups -OCH3 is 1. The van der Waals surface area contributed by atoms with Crippen molar-refractivity contribution in [3.05, 3.63) is 16.4 Å². The van der Waals surface area contributed by atoms with E-state index in [9.17, 15) is 0 Å². The van der Waals surface area contributed by atoms with Gasteiger partial charge in [0, 0.05) is 26.6 Å². The topological polar surface area (TPSA) is 39.1 Å². The Morgan fingerprint density at radius 3 is 2.45 bits per heavy atom. The second kappa shape index (κ2) is 8.01. The van der Waals surface area contributed by atoms with Gasteiger partial charge < -0.3 is 10.1 Å². The van der Waals surface area contributed by atoms with Gasteiger partial charge in [-0.25, -0.2) is 0 Å². The lowest BCUT2D eigenvalue weighted by atomic mass is 9.95. The summed E-state index contributed by atoms with van der Waals surface area (Å²) in [7, 11) is 3.73. The van der Waals surface area contributed by atoms with E-state index in [0.29, 0.717) is 5.92 Å². The molecule has 1 aromatic heterocycles. The normalized spacial score (nSPS) is 14.8. The quantitative estimate of drug-likeness (QED) is 0.802. The Bertz CT molecular complexity index is 417. The average Bonchev–Trinajstić information content (AvgIpc) is 2.62. The van der Waals surface area contributed by atoms with Gasteiger partial charge in [-0.3, -0.25) is 4.68 Å². The molecule has 0 radical (unpaired) electrons. The molecule has 0 saturated heterocycles. The molecule has 116 valence electrons. The second-order valence-electron chi connectivity index (χ2n) is 5.68. The van der Waals surface area contributed by atoms with Gasteiger partial charge in [0.05, 0.1) is 22.5 Å². The first kappa shape index (κ1) is 17.5. The van der Waals surface area contributed by atoms with E-state index in [1.165, 1.54) is 0 Å². The van der Waals surface area contributed by atoms with Crippen molar-refractivity contribution in [2.75, 3.05) is 13.7 Å². The third-order valence-electron chi connectivity index (χ3n) is 3.66. The fraction of sp³-hybridized carbons (Fsp3) is 0.800. The molecular weight excluding hydrogens is 274 g/mol. The Hall–Kier alpha value is -0.580. The second-order valence-corrected chi connectivity index (χ2v) is 6.06. The number of halogens is 1. The molecule has 0 fully saturated rings. The van der Waals surface area contributed by atoms with E-state index in [1.807, 2.05) is 18.7 Å². The predicted molar refractivity (Wildman–Crippen MR) is 84.4 cm³/mol. The largest absolute Gasteiger partial charge is 0.380 e. The third-order valence-corrected chi connectivity index (χ3v) is 4.15. The van der Waals surface area contributed by atoms with E-state index < -0.39 is 0 Å². The number of rotatable bonds is 8. The molecule has 0 amide bonds. The van der Waals surface area contributed by atoms with Gasteiger partial charge in [0.25, 0.3) is 0 Å². The Labute approximate surface area is 127 Å². The Morgan fingerprint density at radius 1 is 1.40 bits per heavy atom. The van der Waals surface area contributed by atoms with Crippen LogP contribution in [0.15, 0.2) is 0 Å². The van der Waals surface area contributed by atoms with Gasteiger partial charge in [-0.05, 0) is 25.8 Å². The molecule has 0 bridgehead atoms. The van der Waals surface area contributed by atoms with Gasteiger partial charge in [-0.1, -0.05) is 32.4 Å². The lowest BCUT2D eigenvalue weighted by Crippen LogP contribution is -2.46. The summed E-state index contributed by atoms with van der Waals surface area (Å²) in [6, 6.07) is 0.243. The van der Waals surface area contributed by atoms with Gasteiger partial charge in [0.1, 0.15) is 0 Å². The molecule has 20 heavy (non-hydrogen) atoms. The van der Waals surface area contributed by atoms with Crippen molar-refractivity contribution in [2.45, 2.75) is 52.7 Å². The van der Waals surface area contributed by atoms with Crippen molar-refractivity contribution in [3.8, 4) is 0 Å². The summed E-state index contributed by atoms with van der Waals surface area (Å²) in [5, 5.41) is 8.75. The highest BCUT2D eigenvalue weighted by Gasteiger charge is 2.26. The van der Waals surface area contributed by atoms with E-state index >= 15 is 0 Å². The third kappa shape index (κ3) is 4.21. The van der Waals surface area contributed by atoms with Crippen LogP contribution in [0.1, 0.15) is 38.6 Å². The molecule has 0 aromatic carbocycles. The first-order chi connectivity index (χ1) is 9.42. The van der Waals surface area contributed by atoms with Gasteiger partial charge >= 0.3 is 0 Å². The van der Waals surface area contributed by atoms with Gasteiger partial charge in [0.15, 0.2) is 0 Å². The minimum absolute atomic E-state index is 0.160. The summed E-state index contributed by atoms with van der Waals surface area (Å²) in [6.45, 7) is 9.46. The van der Waals surface area contributed by atoms with Crippen molar-refractivity contribution >= 4 is 11.6 Å². The van der Waals surface area contributed by atoms with Crippen LogP contribution in [0.3, 0.4) is 0 Å². The molecule has 1 aromatic rings. The average molecular weight is 302 g/mol. The number of aromatic nitrogens is 2. The van der Waals surface area contributed by atoms with Crippen LogP contribution in [0.5, 0.6) is 0 Å². The molecule has 0 saturated carbocycles. The summed E-state index contributed by atoms with van der Waals surface area (Å²) in [5.41, 5.74) is 1.96. The lowest BCUT2D eigenvalue weighted by molar-refractivity contribution is 0.0328. The van der Waals surface area contributed by atoms with Gasteiger partial charge in [-0.15, -0.1) is 0 Å². The van der Waals surface area contributed by atoms with E-state index in [-0.39, 0.29) is 12.1 Å². The summed E-state index contributed by atoms with van der Waals surface area (Å²) < 4.78 is 7.57. The van der Waals surface area contributed by atoms with Crippen molar-refractivity contribution in [1.29, 1.82) is 0 Å². The molecule has 4 nitrogen and oxygen atoms in total. The van der Waals surface area contributed by atoms with Crippen LogP contribution in [0.4, 0.5) is 0 Å². The maximum Gasteiger partial charge on any atom is 0.0847 e. The van der Waals surface area contributed by atoms with Crippen LogP contribution in [0, 0.1) is 12.8 Å². The number of ether oxygens (including phenoxy) is 1. The molecule has 5 heteroatoms. The summed E-state index contributed by atoms with van der Waals surface area (Å²) in [4.78, 5) is 0. The first-order valence-corrected chi connectivity index (χ1v) is 7.74.